The summed E-state index contributed by atoms with van der Waals surface area (Å²) >= 11 is 0. The molecule has 0 aromatic heterocycles. The number of carbonyl (C=O) groups is 1. The molecule has 0 radical (unpaired) electrons. The molecule has 0 bridgehead atoms. The molecule has 96 valence electrons. The number of methoxy groups -OCH3 is 1. The van der Waals surface area contributed by atoms with Gasteiger partial charge in [0.2, 0.25) is 0 Å². The largest absolute Gasteiger partial charge is 0.465 e. The Morgan fingerprint density at radius 1 is 1.05 bits per heavy atom. The van der Waals surface area contributed by atoms with Gasteiger partial charge >= 0.3 is 5.97 Å². The van der Waals surface area contributed by atoms with Gasteiger partial charge in [-0.15, -0.1) is 0 Å². The lowest BCUT2D eigenvalue weighted by atomic mass is 10.1. The molecule has 0 amide bonds. The summed E-state index contributed by atoms with van der Waals surface area (Å²) < 4.78 is 4.71. The van der Waals surface area contributed by atoms with Crippen molar-refractivity contribution < 1.29 is 9.53 Å². The molecule has 2 heteroatoms. The highest BCUT2D eigenvalue weighted by Crippen LogP contribution is 2.13. The molecule has 2 aromatic carbocycles. The summed E-state index contributed by atoms with van der Waals surface area (Å²) in [6.07, 6.45) is 4.04. The molecule has 0 aliphatic carbocycles. The molecule has 0 spiro atoms. The van der Waals surface area contributed by atoms with Gasteiger partial charge in [0.15, 0.2) is 0 Å². The highest BCUT2D eigenvalue weighted by molar-refractivity contribution is 5.90. The van der Waals surface area contributed by atoms with Crippen molar-refractivity contribution in [1.29, 1.82) is 0 Å². The fourth-order valence-corrected chi connectivity index (χ4v) is 1.85. The van der Waals surface area contributed by atoms with E-state index in [2.05, 4.69) is 19.1 Å². The van der Waals surface area contributed by atoms with E-state index in [4.69, 9.17) is 4.74 Å². The van der Waals surface area contributed by atoms with Gasteiger partial charge in [0, 0.05) is 0 Å². The molecular formula is C17H16O2. The van der Waals surface area contributed by atoms with Gasteiger partial charge in [-0.05, 0) is 35.7 Å². The van der Waals surface area contributed by atoms with Crippen molar-refractivity contribution >= 4 is 18.1 Å². The molecule has 0 aliphatic heterocycles. The highest BCUT2D eigenvalue weighted by atomic mass is 16.5. The number of esters is 1. The maximum atomic E-state index is 11.4. The number of aryl methyl sites for hydroxylation is 1. The topological polar surface area (TPSA) is 26.3 Å². The lowest BCUT2D eigenvalue weighted by Crippen LogP contribution is -2.00. The normalized spacial score (nSPS) is 10.6. The van der Waals surface area contributed by atoms with Gasteiger partial charge in [0.1, 0.15) is 0 Å². The van der Waals surface area contributed by atoms with Gasteiger partial charge in [0.25, 0.3) is 0 Å². The van der Waals surface area contributed by atoms with Crippen molar-refractivity contribution in [3.63, 3.8) is 0 Å². The third kappa shape index (κ3) is 3.32. The molecule has 2 nitrogen and oxygen atoms in total. The molecule has 0 heterocycles. The summed E-state index contributed by atoms with van der Waals surface area (Å²) in [7, 11) is 1.39. The molecule has 2 aromatic rings. The van der Waals surface area contributed by atoms with Crippen molar-refractivity contribution in [3.8, 4) is 0 Å². The minimum absolute atomic E-state index is 0.314. The number of benzene rings is 2. The van der Waals surface area contributed by atoms with Crippen LogP contribution in [-0.4, -0.2) is 13.1 Å². The first kappa shape index (κ1) is 13.1. The van der Waals surface area contributed by atoms with Crippen molar-refractivity contribution in [2.24, 2.45) is 0 Å². The van der Waals surface area contributed by atoms with Crippen molar-refractivity contribution in [1.82, 2.24) is 0 Å². The Morgan fingerprint density at radius 2 is 1.84 bits per heavy atom. The molecule has 0 saturated heterocycles. The van der Waals surface area contributed by atoms with Crippen LogP contribution in [0, 0.1) is 6.92 Å². The molecule has 0 N–H and O–H groups in total. The number of ether oxygens (including phenoxy) is 1. The zero-order valence-electron chi connectivity index (χ0n) is 11.1. The van der Waals surface area contributed by atoms with Crippen LogP contribution in [0.5, 0.6) is 0 Å². The maximum Gasteiger partial charge on any atom is 0.337 e. The number of carbonyl (C=O) groups excluding carboxylic acids is 1. The van der Waals surface area contributed by atoms with Gasteiger partial charge < -0.3 is 4.74 Å². The molecule has 0 unspecified atom stereocenters. The molecule has 0 saturated carbocycles. The monoisotopic (exact) mass is 252 g/mol. The molecule has 0 atom stereocenters. The first-order valence-corrected chi connectivity index (χ1v) is 6.13. The van der Waals surface area contributed by atoms with Gasteiger partial charge in [-0.2, -0.15) is 0 Å². The first-order chi connectivity index (χ1) is 9.20. The third-order valence-electron chi connectivity index (χ3n) is 2.95. The second kappa shape index (κ2) is 6.01. The average Bonchev–Trinajstić information content (AvgIpc) is 2.46. The van der Waals surface area contributed by atoms with E-state index in [0.29, 0.717) is 5.56 Å². The van der Waals surface area contributed by atoms with Crippen LogP contribution in [0.15, 0.2) is 48.5 Å². The Balaban J connectivity index is 2.24. The minimum atomic E-state index is -0.314. The molecule has 0 fully saturated rings. The predicted molar refractivity (Wildman–Crippen MR) is 77.9 cm³/mol. The summed E-state index contributed by atoms with van der Waals surface area (Å²) in [6, 6.07) is 15.5. The fourth-order valence-electron chi connectivity index (χ4n) is 1.85. The first-order valence-electron chi connectivity index (χ1n) is 6.13. The van der Waals surface area contributed by atoms with E-state index in [1.165, 1.54) is 18.2 Å². The zero-order valence-corrected chi connectivity index (χ0v) is 11.1. The SMILES string of the molecule is COC(=O)c1cccc(/C=C/c2ccccc2C)c1. The van der Waals surface area contributed by atoms with E-state index < -0.39 is 0 Å². The van der Waals surface area contributed by atoms with Crippen LogP contribution in [0.1, 0.15) is 27.0 Å². The molecular weight excluding hydrogens is 236 g/mol. The standard InChI is InChI=1S/C17H16O2/c1-13-6-3-4-8-15(13)11-10-14-7-5-9-16(12-14)17(18)19-2/h3-12H,1-2H3/b11-10+. The van der Waals surface area contributed by atoms with Gasteiger partial charge in [0.05, 0.1) is 12.7 Å². The van der Waals surface area contributed by atoms with Crippen LogP contribution in [0.25, 0.3) is 12.2 Å². The number of hydrogen-bond donors (Lipinski definition) is 0. The minimum Gasteiger partial charge on any atom is -0.465 e. The molecule has 2 rings (SSSR count). The van der Waals surface area contributed by atoms with E-state index >= 15 is 0 Å². The summed E-state index contributed by atoms with van der Waals surface area (Å²) in [5.74, 6) is -0.314. The van der Waals surface area contributed by atoms with E-state index in [1.54, 1.807) is 6.07 Å². The molecule has 0 aliphatic rings. The van der Waals surface area contributed by atoms with Gasteiger partial charge in [-0.1, -0.05) is 48.6 Å². The molecule has 19 heavy (non-hydrogen) atoms. The summed E-state index contributed by atoms with van der Waals surface area (Å²) in [6.45, 7) is 2.07. The lowest BCUT2D eigenvalue weighted by Gasteiger charge is -2.01. The number of hydrogen-bond acceptors (Lipinski definition) is 2. The van der Waals surface area contributed by atoms with Crippen molar-refractivity contribution in [3.05, 3.63) is 70.8 Å². The van der Waals surface area contributed by atoms with Crippen LogP contribution in [-0.2, 0) is 4.74 Å². The Hall–Kier alpha value is -2.35. The zero-order chi connectivity index (χ0) is 13.7. The fraction of sp³-hybridized carbons (Fsp3) is 0.118. The second-order valence-corrected chi connectivity index (χ2v) is 4.31. The van der Waals surface area contributed by atoms with Crippen LogP contribution in [0.4, 0.5) is 0 Å². The van der Waals surface area contributed by atoms with E-state index in [0.717, 1.165) is 5.56 Å². The smallest absolute Gasteiger partial charge is 0.337 e. The van der Waals surface area contributed by atoms with Crippen LogP contribution in [0.2, 0.25) is 0 Å². The quantitative estimate of drug-likeness (QED) is 0.610. The van der Waals surface area contributed by atoms with Gasteiger partial charge in [-0.3, -0.25) is 0 Å². The van der Waals surface area contributed by atoms with Crippen LogP contribution >= 0.6 is 0 Å². The summed E-state index contributed by atoms with van der Waals surface area (Å²) in [5, 5.41) is 0. The van der Waals surface area contributed by atoms with E-state index in [9.17, 15) is 4.79 Å². The highest BCUT2D eigenvalue weighted by Gasteiger charge is 2.04. The van der Waals surface area contributed by atoms with Crippen molar-refractivity contribution in [2.45, 2.75) is 6.92 Å². The Morgan fingerprint density at radius 3 is 2.58 bits per heavy atom. The second-order valence-electron chi connectivity index (χ2n) is 4.31. The number of rotatable bonds is 3. The van der Waals surface area contributed by atoms with E-state index in [1.807, 2.05) is 42.5 Å². The van der Waals surface area contributed by atoms with Gasteiger partial charge in [-0.25, -0.2) is 4.79 Å². The van der Waals surface area contributed by atoms with Crippen LogP contribution < -0.4 is 0 Å². The van der Waals surface area contributed by atoms with Crippen molar-refractivity contribution in [2.75, 3.05) is 7.11 Å². The average molecular weight is 252 g/mol. The third-order valence-corrected chi connectivity index (χ3v) is 2.95. The summed E-state index contributed by atoms with van der Waals surface area (Å²) in [5.41, 5.74) is 3.94. The Bertz CT molecular complexity index is 612. The summed E-state index contributed by atoms with van der Waals surface area (Å²) in [4.78, 5) is 11.4. The van der Waals surface area contributed by atoms with Crippen LogP contribution in [0.3, 0.4) is 0 Å². The Labute approximate surface area is 113 Å². The van der Waals surface area contributed by atoms with E-state index in [-0.39, 0.29) is 5.97 Å². The maximum absolute atomic E-state index is 11.4. The lowest BCUT2D eigenvalue weighted by molar-refractivity contribution is 0.0600. The predicted octanol–water partition coefficient (Wildman–Crippen LogP) is 3.95. The Kier molecular flexibility index (Phi) is 4.14.